The summed E-state index contributed by atoms with van der Waals surface area (Å²) in [5.74, 6) is -1.25. The van der Waals surface area contributed by atoms with Crippen LogP contribution in [0.2, 0.25) is 0 Å². The number of hydrogen-bond acceptors (Lipinski definition) is 6. The highest BCUT2D eigenvalue weighted by Crippen LogP contribution is 2.25. The molecule has 0 unspecified atom stereocenters. The van der Waals surface area contributed by atoms with Gasteiger partial charge in [0.25, 0.3) is 11.5 Å². The zero-order valence-electron chi connectivity index (χ0n) is 18.2. The molecule has 32 heavy (non-hydrogen) atoms. The monoisotopic (exact) mass is 441 g/mol. The Kier molecular flexibility index (Phi) is 5.86. The molecule has 10 nitrogen and oxygen atoms in total. The van der Waals surface area contributed by atoms with Crippen molar-refractivity contribution in [3.8, 4) is 5.88 Å². The van der Waals surface area contributed by atoms with Crippen molar-refractivity contribution < 1.29 is 19.5 Å². The quantitative estimate of drug-likeness (QED) is 0.487. The molecular formula is C22H27N5O5. The minimum atomic E-state index is -0.720. The zero-order valence-corrected chi connectivity index (χ0v) is 18.2. The second kappa shape index (κ2) is 8.60. The molecule has 1 aliphatic heterocycles. The highest BCUT2D eigenvalue weighted by molar-refractivity contribution is 5.97. The minimum Gasteiger partial charge on any atom is -0.494 e. The molecule has 4 rings (SSSR count). The Hall–Kier alpha value is -3.43. The molecule has 0 spiro atoms. The summed E-state index contributed by atoms with van der Waals surface area (Å²) in [7, 11) is 0. The molecule has 2 aliphatic rings. The summed E-state index contributed by atoms with van der Waals surface area (Å²) in [6, 6.07) is -0.398. The number of hydrogen-bond donors (Lipinski definition) is 2. The average Bonchev–Trinajstić information content (AvgIpc) is 3.26. The van der Waals surface area contributed by atoms with E-state index in [4.69, 9.17) is 0 Å². The molecule has 1 saturated heterocycles. The van der Waals surface area contributed by atoms with Crippen molar-refractivity contribution in [2.75, 3.05) is 6.54 Å². The third-order valence-corrected chi connectivity index (χ3v) is 5.74. The average molecular weight is 441 g/mol. The fraction of sp³-hybridized carbons (Fsp3) is 0.500. The van der Waals surface area contributed by atoms with Gasteiger partial charge in [0.1, 0.15) is 11.9 Å². The smallest absolute Gasteiger partial charge is 0.291 e. The predicted octanol–water partition coefficient (Wildman–Crippen LogP) is 0.953. The maximum Gasteiger partial charge on any atom is 0.291 e. The lowest BCUT2D eigenvalue weighted by Gasteiger charge is -2.18. The van der Waals surface area contributed by atoms with E-state index in [0.717, 1.165) is 30.1 Å². The van der Waals surface area contributed by atoms with Crippen LogP contribution in [0.1, 0.15) is 55.5 Å². The van der Waals surface area contributed by atoms with E-state index in [0.29, 0.717) is 30.7 Å². The number of aromatic nitrogens is 3. The molecule has 1 aliphatic carbocycles. The van der Waals surface area contributed by atoms with E-state index in [-0.39, 0.29) is 23.4 Å². The van der Waals surface area contributed by atoms with Crippen molar-refractivity contribution in [3.63, 3.8) is 0 Å². The van der Waals surface area contributed by atoms with Gasteiger partial charge in [0, 0.05) is 30.8 Å². The van der Waals surface area contributed by atoms with Gasteiger partial charge in [-0.2, -0.15) is 9.61 Å². The number of carbonyl (C=O) groups is 3. The molecule has 2 amide bonds. The van der Waals surface area contributed by atoms with Gasteiger partial charge < -0.3 is 20.1 Å². The Morgan fingerprint density at radius 1 is 1.31 bits per heavy atom. The molecule has 2 N–H and O–H groups in total. The highest BCUT2D eigenvalue weighted by Gasteiger charge is 2.30. The van der Waals surface area contributed by atoms with Gasteiger partial charge in [0.05, 0.1) is 12.2 Å². The van der Waals surface area contributed by atoms with E-state index in [9.17, 15) is 24.3 Å². The van der Waals surface area contributed by atoms with Crippen LogP contribution in [0.15, 0.2) is 17.1 Å². The van der Waals surface area contributed by atoms with Gasteiger partial charge in [-0.3, -0.25) is 19.0 Å². The van der Waals surface area contributed by atoms with Crippen molar-refractivity contribution in [3.05, 3.63) is 33.8 Å². The highest BCUT2D eigenvalue weighted by atomic mass is 16.3. The first-order chi connectivity index (χ1) is 15.3. The number of carbonyl (C=O) groups excluding carboxylic acids is 3. The number of aldehydes is 1. The molecule has 1 atom stereocenters. The summed E-state index contributed by atoms with van der Waals surface area (Å²) in [4.78, 5) is 50.9. The van der Waals surface area contributed by atoms with Crippen LogP contribution in [0, 0.1) is 5.92 Å². The Balaban J connectivity index is 1.76. The van der Waals surface area contributed by atoms with E-state index in [1.54, 1.807) is 0 Å². The maximum atomic E-state index is 13.0. The molecule has 3 heterocycles. The number of nitrogens with one attached hydrogen (secondary N) is 1. The normalized spacial score (nSPS) is 18.7. The number of aromatic hydroxyl groups is 1. The van der Waals surface area contributed by atoms with Crippen molar-refractivity contribution in [2.45, 2.75) is 58.2 Å². The van der Waals surface area contributed by atoms with Crippen molar-refractivity contribution in [1.29, 1.82) is 0 Å². The fourth-order valence-corrected chi connectivity index (χ4v) is 4.01. The van der Waals surface area contributed by atoms with Crippen LogP contribution in [0.5, 0.6) is 5.88 Å². The van der Waals surface area contributed by atoms with Crippen LogP contribution in [0.25, 0.3) is 11.7 Å². The van der Waals surface area contributed by atoms with E-state index in [1.807, 2.05) is 13.8 Å². The number of nitrogens with zero attached hydrogens (tertiary/aromatic N) is 4. The first-order valence-electron chi connectivity index (χ1n) is 10.9. The Morgan fingerprint density at radius 3 is 2.72 bits per heavy atom. The van der Waals surface area contributed by atoms with Crippen LogP contribution in [-0.2, 0) is 16.1 Å². The fourth-order valence-electron chi connectivity index (χ4n) is 4.01. The van der Waals surface area contributed by atoms with Crippen molar-refractivity contribution in [2.24, 2.45) is 5.92 Å². The van der Waals surface area contributed by atoms with Crippen LogP contribution >= 0.6 is 0 Å². The Labute approximate surface area is 184 Å². The number of amides is 2. The number of rotatable bonds is 7. The van der Waals surface area contributed by atoms with E-state index < -0.39 is 23.4 Å². The minimum absolute atomic E-state index is 0.0263. The zero-order chi connectivity index (χ0) is 23.0. The van der Waals surface area contributed by atoms with Crippen LogP contribution in [0.4, 0.5) is 0 Å². The first kappa shape index (κ1) is 21.8. The lowest BCUT2D eigenvalue weighted by atomic mass is 10.2. The van der Waals surface area contributed by atoms with Crippen molar-refractivity contribution >= 4 is 29.8 Å². The van der Waals surface area contributed by atoms with Gasteiger partial charge in [-0.1, -0.05) is 13.8 Å². The first-order valence-corrected chi connectivity index (χ1v) is 10.9. The topological polar surface area (TPSA) is 126 Å². The second-order valence-corrected chi connectivity index (χ2v) is 8.80. The third-order valence-electron chi connectivity index (χ3n) is 5.74. The summed E-state index contributed by atoms with van der Waals surface area (Å²) in [5, 5.41) is 17.8. The van der Waals surface area contributed by atoms with E-state index in [2.05, 4.69) is 10.4 Å². The Morgan fingerprint density at radius 2 is 2.06 bits per heavy atom. The molecule has 2 aromatic rings. The largest absolute Gasteiger partial charge is 0.494 e. The van der Waals surface area contributed by atoms with Gasteiger partial charge in [-0.25, -0.2) is 0 Å². The van der Waals surface area contributed by atoms with Crippen LogP contribution in [0.3, 0.4) is 0 Å². The molecule has 1 saturated carbocycles. The van der Waals surface area contributed by atoms with Crippen molar-refractivity contribution in [1.82, 2.24) is 24.4 Å². The number of fused-ring (bicyclic) bond motifs is 1. The number of likely N-dealkylation sites (tertiary alicyclic amines) is 1. The van der Waals surface area contributed by atoms with E-state index >= 15 is 0 Å². The lowest BCUT2D eigenvalue weighted by Crippen LogP contribution is -2.35. The molecule has 2 aromatic heterocycles. The van der Waals surface area contributed by atoms with Gasteiger partial charge in [0.2, 0.25) is 11.8 Å². The summed E-state index contributed by atoms with van der Waals surface area (Å²) in [6.45, 7) is 4.74. The lowest BCUT2D eigenvalue weighted by molar-refractivity contribution is -0.129. The van der Waals surface area contributed by atoms with Gasteiger partial charge in [-0.05, 0) is 37.7 Å². The van der Waals surface area contributed by atoms with Gasteiger partial charge >= 0.3 is 0 Å². The third kappa shape index (κ3) is 4.04. The molecule has 2 fully saturated rings. The SMILES string of the molecule is CC(C)Cn1c(O)c(C(=O)NC2CC2)c(=O)n2ncc(/C=C/C(=O)N3CCC[C@@H]3C=O)c12. The maximum absolute atomic E-state index is 13.0. The summed E-state index contributed by atoms with van der Waals surface area (Å²) in [6.07, 6.45) is 8.17. The standard InChI is InChI=1S/C22H27N5O5/c1-13(2)11-26-20-14(5-8-17(29)25-9-3-4-16(25)12-28)10-23-27(20)22(32)18(21(26)31)19(30)24-15-6-7-15/h5,8,10,12-13,15-16,31H,3-4,6-7,9,11H2,1-2H3,(H,24,30)/b8-5+/t16-/m1/s1. The van der Waals surface area contributed by atoms with Crippen LogP contribution in [-0.4, -0.2) is 60.9 Å². The second-order valence-electron chi connectivity index (χ2n) is 8.80. The predicted molar refractivity (Wildman–Crippen MR) is 116 cm³/mol. The van der Waals surface area contributed by atoms with Gasteiger partial charge in [-0.15, -0.1) is 0 Å². The molecule has 10 heteroatoms. The van der Waals surface area contributed by atoms with Gasteiger partial charge in [0.15, 0.2) is 5.56 Å². The molecular weight excluding hydrogens is 414 g/mol. The Bertz CT molecular complexity index is 1160. The van der Waals surface area contributed by atoms with E-state index in [1.165, 1.54) is 27.8 Å². The summed E-state index contributed by atoms with van der Waals surface area (Å²) < 4.78 is 2.56. The molecule has 170 valence electrons. The summed E-state index contributed by atoms with van der Waals surface area (Å²) in [5.41, 5.74) is -0.322. The summed E-state index contributed by atoms with van der Waals surface area (Å²) >= 11 is 0. The molecule has 0 aromatic carbocycles. The molecule has 0 radical (unpaired) electrons. The van der Waals surface area contributed by atoms with Crippen LogP contribution < -0.4 is 10.9 Å². The molecule has 0 bridgehead atoms.